The van der Waals surface area contributed by atoms with E-state index in [1.807, 2.05) is 65.8 Å². The van der Waals surface area contributed by atoms with E-state index in [0.717, 1.165) is 28.9 Å². The summed E-state index contributed by atoms with van der Waals surface area (Å²) in [4.78, 5) is 26.2. The van der Waals surface area contributed by atoms with E-state index in [-0.39, 0.29) is 17.9 Å². The van der Waals surface area contributed by atoms with E-state index in [0.29, 0.717) is 11.1 Å². The number of hydrazine groups is 1. The van der Waals surface area contributed by atoms with E-state index in [1.165, 1.54) is 5.01 Å². The summed E-state index contributed by atoms with van der Waals surface area (Å²) in [5, 5.41) is 1.41. The molecule has 0 fully saturated rings. The molecule has 1 heterocycles. The van der Waals surface area contributed by atoms with E-state index in [4.69, 9.17) is 4.74 Å². The molecule has 2 amide bonds. The van der Waals surface area contributed by atoms with Gasteiger partial charge < -0.3 is 4.74 Å². The van der Waals surface area contributed by atoms with Gasteiger partial charge in [-0.2, -0.15) is 0 Å². The first-order valence-corrected chi connectivity index (χ1v) is 9.59. The van der Waals surface area contributed by atoms with Crippen LogP contribution in [0.4, 0.5) is 0 Å². The minimum atomic E-state index is -0.585. The van der Waals surface area contributed by atoms with Crippen LogP contribution in [-0.4, -0.2) is 28.5 Å². The summed E-state index contributed by atoms with van der Waals surface area (Å²) in [5.41, 5.74) is 6.31. The standard InChI is InChI=1S/C23H28N2O3/c1-14-8-7-9-17(12-14)22(27)25(23(4,5)6)24-21(26)18-10-11-20-19(16(18)3)13-15(2)28-20/h7-12,15H,13H2,1-6H3,(H,24,26). The van der Waals surface area contributed by atoms with Crippen molar-refractivity contribution in [2.75, 3.05) is 0 Å². The molecule has 2 aromatic carbocycles. The van der Waals surface area contributed by atoms with Crippen molar-refractivity contribution >= 4 is 11.8 Å². The second-order valence-corrected chi connectivity index (χ2v) is 8.47. The quantitative estimate of drug-likeness (QED) is 0.794. The van der Waals surface area contributed by atoms with Crippen molar-refractivity contribution in [3.8, 4) is 5.75 Å². The van der Waals surface area contributed by atoms with Crippen molar-refractivity contribution in [1.82, 2.24) is 10.4 Å². The molecule has 0 spiro atoms. The second kappa shape index (κ2) is 7.30. The summed E-state index contributed by atoms with van der Waals surface area (Å²) in [6.45, 7) is 11.6. The summed E-state index contributed by atoms with van der Waals surface area (Å²) in [6, 6.07) is 11.0. The highest BCUT2D eigenvalue weighted by Crippen LogP contribution is 2.33. The molecule has 148 valence electrons. The number of carbonyl (C=O) groups is 2. The van der Waals surface area contributed by atoms with Crippen LogP contribution >= 0.6 is 0 Å². The Morgan fingerprint density at radius 1 is 1.14 bits per heavy atom. The molecule has 5 nitrogen and oxygen atoms in total. The number of hydrogen-bond acceptors (Lipinski definition) is 3. The molecule has 2 aromatic rings. The third-order valence-electron chi connectivity index (χ3n) is 4.97. The first-order chi connectivity index (χ1) is 13.1. The number of nitrogens with one attached hydrogen (secondary N) is 1. The number of ether oxygens (including phenoxy) is 1. The first-order valence-electron chi connectivity index (χ1n) is 9.59. The van der Waals surface area contributed by atoms with Gasteiger partial charge in [-0.3, -0.25) is 15.0 Å². The van der Waals surface area contributed by atoms with Gasteiger partial charge in [0.1, 0.15) is 11.9 Å². The van der Waals surface area contributed by atoms with Crippen molar-refractivity contribution in [2.24, 2.45) is 0 Å². The summed E-state index contributed by atoms with van der Waals surface area (Å²) in [7, 11) is 0. The van der Waals surface area contributed by atoms with Gasteiger partial charge in [0, 0.05) is 23.1 Å². The van der Waals surface area contributed by atoms with Gasteiger partial charge in [-0.05, 0) is 71.4 Å². The Hall–Kier alpha value is -2.82. The number of amides is 2. The van der Waals surface area contributed by atoms with Crippen molar-refractivity contribution < 1.29 is 14.3 Å². The summed E-state index contributed by atoms with van der Waals surface area (Å²) in [6.07, 6.45) is 0.897. The zero-order valence-corrected chi connectivity index (χ0v) is 17.4. The number of nitrogens with zero attached hydrogens (tertiary/aromatic N) is 1. The topological polar surface area (TPSA) is 58.6 Å². The SMILES string of the molecule is Cc1cccc(C(=O)N(NC(=O)c2ccc3c(c2C)CC(C)O3)C(C)(C)C)c1. The van der Waals surface area contributed by atoms with E-state index in [2.05, 4.69) is 5.43 Å². The number of hydrogen-bond donors (Lipinski definition) is 1. The average molecular weight is 380 g/mol. The lowest BCUT2D eigenvalue weighted by Crippen LogP contribution is -2.56. The van der Waals surface area contributed by atoms with Gasteiger partial charge in [-0.25, -0.2) is 5.01 Å². The lowest BCUT2D eigenvalue weighted by molar-refractivity contribution is 0.0358. The predicted molar refractivity (Wildman–Crippen MR) is 110 cm³/mol. The fourth-order valence-corrected chi connectivity index (χ4v) is 3.48. The molecule has 0 saturated carbocycles. The number of benzene rings is 2. The highest BCUT2D eigenvalue weighted by Gasteiger charge is 2.31. The highest BCUT2D eigenvalue weighted by atomic mass is 16.5. The molecule has 0 bridgehead atoms. The first kappa shape index (κ1) is 19.9. The largest absolute Gasteiger partial charge is 0.490 e. The van der Waals surface area contributed by atoms with Crippen LogP contribution in [0, 0.1) is 13.8 Å². The zero-order valence-electron chi connectivity index (χ0n) is 17.4. The van der Waals surface area contributed by atoms with Gasteiger partial charge in [-0.15, -0.1) is 0 Å². The van der Waals surface area contributed by atoms with Gasteiger partial charge in [0.05, 0.1) is 5.54 Å². The van der Waals surface area contributed by atoms with E-state index in [9.17, 15) is 9.59 Å². The van der Waals surface area contributed by atoms with Crippen molar-refractivity contribution in [3.63, 3.8) is 0 Å². The Morgan fingerprint density at radius 2 is 1.86 bits per heavy atom. The minimum Gasteiger partial charge on any atom is -0.490 e. The maximum absolute atomic E-state index is 13.1. The second-order valence-electron chi connectivity index (χ2n) is 8.47. The molecule has 5 heteroatoms. The monoisotopic (exact) mass is 380 g/mol. The van der Waals surface area contributed by atoms with Crippen LogP contribution in [0.1, 0.15) is 65.1 Å². The fraction of sp³-hybridized carbons (Fsp3) is 0.391. The number of fused-ring (bicyclic) bond motifs is 1. The van der Waals surface area contributed by atoms with Gasteiger partial charge in [0.15, 0.2) is 0 Å². The van der Waals surface area contributed by atoms with Gasteiger partial charge in [-0.1, -0.05) is 17.7 Å². The molecule has 1 unspecified atom stereocenters. The molecule has 3 rings (SSSR count). The predicted octanol–water partition coefficient (Wildman–Crippen LogP) is 4.21. The maximum atomic E-state index is 13.1. The molecule has 1 N–H and O–H groups in total. The Morgan fingerprint density at radius 3 is 2.50 bits per heavy atom. The molecule has 28 heavy (non-hydrogen) atoms. The highest BCUT2D eigenvalue weighted by molar-refractivity contribution is 6.00. The summed E-state index contributed by atoms with van der Waals surface area (Å²) in [5.74, 6) is 0.307. The number of aryl methyl sites for hydroxylation is 1. The molecule has 0 radical (unpaired) electrons. The van der Waals surface area contributed by atoms with Crippen molar-refractivity contribution in [3.05, 3.63) is 64.2 Å². The Kier molecular flexibility index (Phi) is 5.20. The van der Waals surface area contributed by atoms with Crippen LogP contribution < -0.4 is 10.2 Å². The van der Waals surface area contributed by atoms with Gasteiger partial charge in [0.2, 0.25) is 0 Å². The molecule has 1 aliphatic rings. The molecule has 0 saturated heterocycles. The fourth-order valence-electron chi connectivity index (χ4n) is 3.48. The molecule has 0 aliphatic carbocycles. The molecule has 1 atom stereocenters. The maximum Gasteiger partial charge on any atom is 0.272 e. The van der Waals surface area contributed by atoms with Crippen LogP contribution in [0.5, 0.6) is 5.75 Å². The smallest absolute Gasteiger partial charge is 0.272 e. The zero-order chi connectivity index (χ0) is 20.6. The van der Waals surface area contributed by atoms with Crippen molar-refractivity contribution in [1.29, 1.82) is 0 Å². The van der Waals surface area contributed by atoms with Crippen LogP contribution in [-0.2, 0) is 6.42 Å². The minimum absolute atomic E-state index is 0.112. The Labute approximate surface area is 166 Å². The summed E-state index contributed by atoms with van der Waals surface area (Å²) < 4.78 is 5.77. The lowest BCUT2D eigenvalue weighted by Gasteiger charge is -2.35. The van der Waals surface area contributed by atoms with Crippen LogP contribution in [0.2, 0.25) is 0 Å². The third-order valence-corrected chi connectivity index (χ3v) is 4.97. The normalized spacial score (nSPS) is 15.6. The van der Waals surface area contributed by atoms with Crippen LogP contribution in [0.3, 0.4) is 0 Å². The molecular formula is C23H28N2O3. The number of rotatable bonds is 2. The molecule has 1 aliphatic heterocycles. The Balaban J connectivity index is 1.89. The van der Waals surface area contributed by atoms with E-state index >= 15 is 0 Å². The lowest BCUT2D eigenvalue weighted by atomic mass is 9.98. The van der Waals surface area contributed by atoms with Gasteiger partial charge >= 0.3 is 0 Å². The van der Waals surface area contributed by atoms with Crippen LogP contribution in [0.25, 0.3) is 0 Å². The average Bonchev–Trinajstić information content (AvgIpc) is 2.99. The molecule has 0 aromatic heterocycles. The van der Waals surface area contributed by atoms with E-state index < -0.39 is 5.54 Å². The van der Waals surface area contributed by atoms with Crippen molar-refractivity contribution in [2.45, 2.75) is 59.6 Å². The molecular weight excluding hydrogens is 352 g/mol. The number of carbonyl (C=O) groups excluding carboxylic acids is 2. The Bertz CT molecular complexity index is 928. The van der Waals surface area contributed by atoms with E-state index in [1.54, 1.807) is 12.1 Å². The third kappa shape index (κ3) is 3.88. The summed E-state index contributed by atoms with van der Waals surface area (Å²) >= 11 is 0. The van der Waals surface area contributed by atoms with Crippen LogP contribution in [0.15, 0.2) is 36.4 Å². The van der Waals surface area contributed by atoms with Gasteiger partial charge in [0.25, 0.3) is 11.8 Å².